The van der Waals surface area contributed by atoms with Crippen LogP contribution in [0.5, 0.6) is 0 Å². The van der Waals surface area contributed by atoms with Gasteiger partial charge < -0.3 is 5.32 Å². The van der Waals surface area contributed by atoms with E-state index in [4.69, 9.17) is 5.26 Å². The van der Waals surface area contributed by atoms with Crippen LogP contribution in [0.2, 0.25) is 0 Å². The van der Waals surface area contributed by atoms with E-state index in [-0.39, 0.29) is 0 Å². The number of hydrogen-bond donors (Lipinski definition) is 1. The van der Waals surface area contributed by atoms with Crippen LogP contribution in [0.25, 0.3) is 0 Å². The Kier molecular flexibility index (Phi) is 4.27. The number of rotatable bonds is 5. The van der Waals surface area contributed by atoms with E-state index in [0.29, 0.717) is 5.69 Å². The molecule has 0 aliphatic rings. The van der Waals surface area contributed by atoms with Crippen molar-refractivity contribution in [2.45, 2.75) is 26.2 Å². The molecule has 0 spiro atoms. The van der Waals surface area contributed by atoms with Crippen LogP contribution in [-0.2, 0) is 0 Å². The highest BCUT2D eigenvalue weighted by molar-refractivity contribution is 7.13. The van der Waals surface area contributed by atoms with E-state index < -0.39 is 0 Å². The molecule has 0 amide bonds. The van der Waals surface area contributed by atoms with Crippen LogP contribution >= 0.6 is 11.3 Å². The molecular weight excluding hydrogens is 182 g/mol. The van der Waals surface area contributed by atoms with Gasteiger partial charge in [-0.1, -0.05) is 19.8 Å². The Morgan fingerprint density at radius 2 is 2.46 bits per heavy atom. The molecule has 0 aromatic carbocycles. The van der Waals surface area contributed by atoms with Crippen LogP contribution in [0, 0.1) is 11.3 Å². The summed E-state index contributed by atoms with van der Waals surface area (Å²) in [6, 6.07) is 2.01. The van der Waals surface area contributed by atoms with Gasteiger partial charge in [0.2, 0.25) is 0 Å². The molecule has 70 valence electrons. The van der Waals surface area contributed by atoms with Crippen molar-refractivity contribution >= 4 is 16.5 Å². The van der Waals surface area contributed by atoms with Crippen LogP contribution in [0.15, 0.2) is 5.38 Å². The highest BCUT2D eigenvalue weighted by Crippen LogP contribution is 2.14. The lowest BCUT2D eigenvalue weighted by atomic mass is 10.2. The van der Waals surface area contributed by atoms with Gasteiger partial charge in [0.15, 0.2) is 10.8 Å². The van der Waals surface area contributed by atoms with Crippen molar-refractivity contribution in [2.75, 3.05) is 11.9 Å². The third kappa shape index (κ3) is 3.43. The van der Waals surface area contributed by atoms with E-state index in [9.17, 15) is 0 Å². The van der Waals surface area contributed by atoms with Gasteiger partial charge >= 0.3 is 0 Å². The molecule has 0 saturated carbocycles. The summed E-state index contributed by atoms with van der Waals surface area (Å²) in [5, 5.41) is 14.3. The minimum absolute atomic E-state index is 0.503. The molecule has 1 aromatic rings. The zero-order chi connectivity index (χ0) is 9.52. The van der Waals surface area contributed by atoms with Crippen LogP contribution in [0.1, 0.15) is 31.9 Å². The van der Waals surface area contributed by atoms with Gasteiger partial charge in [0.05, 0.1) is 0 Å². The molecule has 1 N–H and O–H groups in total. The Balaban J connectivity index is 2.25. The zero-order valence-corrected chi connectivity index (χ0v) is 8.52. The lowest BCUT2D eigenvalue weighted by Gasteiger charge is -1.99. The van der Waals surface area contributed by atoms with E-state index in [1.54, 1.807) is 5.38 Å². The SMILES string of the molecule is CCCCCNc1nc(C#N)cs1. The van der Waals surface area contributed by atoms with Gasteiger partial charge in [-0.2, -0.15) is 5.26 Å². The first-order chi connectivity index (χ1) is 6.36. The number of hydrogen-bond acceptors (Lipinski definition) is 4. The minimum atomic E-state index is 0.503. The average molecular weight is 195 g/mol. The summed E-state index contributed by atoms with van der Waals surface area (Å²) in [6.07, 6.45) is 3.63. The highest BCUT2D eigenvalue weighted by atomic mass is 32.1. The average Bonchev–Trinajstić information content (AvgIpc) is 2.60. The molecule has 0 saturated heterocycles. The zero-order valence-electron chi connectivity index (χ0n) is 7.71. The quantitative estimate of drug-likeness (QED) is 0.735. The molecule has 3 nitrogen and oxygen atoms in total. The van der Waals surface area contributed by atoms with Gasteiger partial charge in [0.25, 0.3) is 0 Å². The number of aromatic nitrogens is 1. The fourth-order valence-corrected chi connectivity index (χ4v) is 1.64. The molecule has 0 fully saturated rings. The lowest BCUT2D eigenvalue weighted by Crippen LogP contribution is -2.00. The summed E-state index contributed by atoms with van der Waals surface area (Å²) in [5.74, 6) is 0. The fraction of sp³-hybridized carbons (Fsp3) is 0.556. The van der Waals surface area contributed by atoms with E-state index >= 15 is 0 Å². The summed E-state index contributed by atoms with van der Waals surface area (Å²) in [7, 11) is 0. The van der Waals surface area contributed by atoms with Crippen molar-refractivity contribution in [3.05, 3.63) is 11.1 Å². The predicted molar refractivity (Wildman–Crippen MR) is 54.8 cm³/mol. The Hall–Kier alpha value is -1.08. The number of anilines is 1. The normalized spacial score (nSPS) is 9.54. The van der Waals surface area contributed by atoms with Gasteiger partial charge in [-0.05, 0) is 6.42 Å². The van der Waals surface area contributed by atoms with Gasteiger partial charge in [-0.15, -0.1) is 11.3 Å². The van der Waals surface area contributed by atoms with E-state index in [1.165, 1.54) is 24.2 Å². The molecule has 0 radical (unpaired) electrons. The topological polar surface area (TPSA) is 48.7 Å². The second kappa shape index (κ2) is 5.55. The largest absolute Gasteiger partial charge is 0.361 e. The molecule has 1 heterocycles. The van der Waals surface area contributed by atoms with E-state index in [2.05, 4.69) is 17.2 Å². The number of thiazole rings is 1. The van der Waals surface area contributed by atoms with Crippen molar-refractivity contribution in [1.82, 2.24) is 4.98 Å². The van der Waals surface area contributed by atoms with Crippen LogP contribution in [0.3, 0.4) is 0 Å². The molecule has 13 heavy (non-hydrogen) atoms. The standard InChI is InChI=1S/C9H13N3S/c1-2-3-4-5-11-9-12-8(6-10)7-13-9/h7H,2-5H2,1H3,(H,11,12). The van der Waals surface area contributed by atoms with Crippen molar-refractivity contribution in [3.63, 3.8) is 0 Å². The van der Waals surface area contributed by atoms with Crippen LogP contribution in [0.4, 0.5) is 5.13 Å². The third-order valence-electron chi connectivity index (χ3n) is 1.68. The number of nitrogens with zero attached hydrogens (tertiary/aromatic N) is 2. The summed E-state index contributed by atoms with van der Waals surface area (Å²) in [6.45, 7) is 3.13. The van der Waals surface area contributed by atoms with Crippen molar-refractivity contribution in [3.8, 4) is 6.07 Å². The molecule has 0 aliphatic carbocycles. The second-order valence-electron chi connectivity index (χ2n) is 2.78. The Bertz CT molecular complexity index is 287. The number of nitriles is 1. The predicted octanol–water partition coefficient (Wildman–Crippen LogP) is 2.62. The molecule has 1 aromatic heterocycles. The summed E-state index contributed by atoms with van der Waals surface area (Å²) < 4.78 is 0. The Labute approximate surface area is 82.4 Å². The molecular formula is C9H13N3S. The molecule has 0 bridgehead atoms. The first-order valence-corrected chi connectivity index (χ1v) is 5.34. The molecule has 4 heteroatoms. The molecule has 1 rings (SSSR count). The summed E-state index contributed by atoms with van der Waals surface area (Å²) >= 11 is 1.49. The molecule has 0 atom stereocenters. The third-order valence-corrected chi connectivity index (χ3v) is 2.48. The molecule has 0 aliphatic heterocycles. The van der Waals surface area contributed by atoms with Crippen LogP contribution in [-0.4, -0.2) is 11.5 Å². The smallest absolute Gasteiger partial charge is 0.183 e. The van der Waals surface area contributed by atoms with E-state index in [1.807, 2.05) is 6.07 Å². The van der Waals surface area contributed by atoms with Gasteiger partial charge in [-0.3, -0.25) is 0 Å². The van der Waals surface area contributed by atoms with Crippen molar-refractivity contribution < 1.29 is 0 Å². The number of nitrogens with one attached hydrogen (secondary N) is 1. The van der Waals surface area contributed by atoms with Gasteiger partial charge in [0, 0.05) is 11.9 Å². The fourth-order valence-electron chi connectivity index (χ4n) is 0.977. The monoisotopic (exact) mass is 195 g/mol. The van der Waals surface area contributed by atoms with Gasteiger partial charge in [-0.25, -0.2) is 4.98 Å². The second-order valence-corrected chi connectivity index (χ2v) is 3.64. The summed E-state index contributed by atoms with van der Waals surface area (Å²) in [5.41, 5.74) is 0.503. The molecule has 0 unspecified atom stereocenters. The van der Waals surface area contributed by atoms with E-state index in [0.717, 1.165) is 18.1 Å². The van der Waals surface area contributed by atoms with Crippen molar-refractivity contribution in [2.24, 2.45) is 0 Å². The summed E-state index contributed by atoms with van der Waals surface area (Å²) in [4.78, 5) is 4.07. The Morgan fingerprint density at radius 3 is 3.08 bits per heavy atom. The minimum Gasteiger partial charge on any atom is -0.361 e. The Morgan fingerprint density at radius 1 is 1.62 bits per heavy atom. The van der Waals surface area contributed by atoms with Crippen LogP contribution < -0.4 is 5.32 Å². The number of unbranched alkanes of at least 4 members (excludes halogenated alkanes) is 2. The lowest BCUT2D eigenvalue weighted by molar-refractivity contribution is 0.743. The highest BCUT2D eigenvalue weighted by Gasteiger charge is 1.98. The first-order valence-electron chi connectivity index (χ1n) is 4.46. The van der Waals surface area contributed by atoms with Crippen molar-refractivity contribution in [1.29, 1.82) is 5.26 Å². The maximum atomic E-state index is 8.53. The maximum absolute atomic E-state index is 8.53. The maximum Gasteiger partial charge on any atom is 0.183 e. The van der Waals surface area contributed by atoms with Gasteiger partial charge in [0.1, 0.15) is 6.07 Å². The first kappa shape index (κ1) is 10.0.